The van der Waals surface area contributed by atoms with E-state index < -0.39 is 5.97 Å². The summed E-state index contributed by atoms with van der Waals surface area (Å²) in [5, 5.41) is 13.9. The molecule has 5 rings (SSSR count). The van der Waals surface area contributed by atoms with Crippen LogP contribution >= 0.6 is 0 Å². The summed E-state index contributed by atoms with van der Waals surface area (Å²) in [6.07, 6.45) is 7.97. The Morgan fingerprint density at radius 3 is 2.27 bits per heavy atom. The van der Waals surface area contributed by atoms with E-state index in [1.54, 1.807) is 0 Å². The van der Waals surface area contributed by atoms with Gasteiger partial charge in [-0.1, -0.05) is 86.5 Å². The minimum Gasteiger partial charge on any atom is -0.480 e. The Balaban J connectivity index is 1.20. The largest absolute Gasteiger partial charge is 0.480 e. The Hall–Kier alpha value is -2.83. The Morgan fingerprint density at radius 2 is 1.63 bits per heavy atom. The zero-order chi connectivity index (χ0) is 28.6. The zero-order valence-corrected chi connectivity index (χ0v) is 25.0. The normalized spacial score (nSPS) is 23.7. The van der Waals surface area contributed by atoms with Crippen LogP contribution in [-0.2, 0) is 11.3 Å². The lowest BCUT2D eigenvalue weighted by atomic mass is 9.83. The summed E-state index contributed by atoms with van der Waals surface area (Å²) in [7, 11) is 0. The third kappa shape index (κ3) is 7.52. The van der Waals surface area contributed by atoms with Crippen LogP contribution in [0.25, 0.3) is 0 Å². The maximum Gasteiger partial charge on any atom is 0.321 e. The molecule has 2 saturated heterocycles. The molecule has 3 unspecified atom stereocenters. The zero-order valence-electron chi connectivity index (χ0n) is 25.0. The van der Waals surface area contributed by atoms with Crippen LogP contribution < -0.4 is 5.32 Å². The lowest BCUT2D eigenvalue weighted by Gasteiger charge is -2.41. The van der Waals surface area contributed by atoms with Gasteiger partial charge in [-0.25, -0.2) is 0 Å². The second-order valence-corrected chi connectivity index (χ2v) is 12.5. The highest BCUT2D eigenvalue weighted by Crippen LogP contribution is 2.38. The number of aliphatic carboxylic acids is 1. The SMILES string of the molecule is C=C(NCc1ccccc1)N(CC)C1CCN(CC2CN(C(C(=O)O)C3CCCCC3)CC2c2ccccc2)CC1. The van der Waals surface area contributed by atoms with E-state index >= 15 is 0 Å². The summed E-state index contributed by atoms with van der Waals surface area (Å²) in [5.74, 6) is 1.52. The van der Waals surface area contributed by atoms with Crippen molar-refractivity contribution in [3.8, 4) is 0 Å². The van der Waals surface area contributed by atoms with E-state index in [9.17, 15) is 9.90 Å². The first-order chi connectivity index (χ1) is 20.0. The lowest BCUT2D eigenvalue weighted by Crippen LogP contribution is -2.48. The molecule has 2 N–H and O–H groups in total. The first-order valence-corrected chi connectivity index (χ1v) is 16.0. The molecule has 0 radical (unpaired) electrons. The number of piperidine rings is 1. The summed E-state index contributed by atoms with van der Waals surface area (Å²) in [5.41, 5.74) is 2.63. The Bertz CT molecular complexity index is 1100. The standard InChI is InChI=1S/C35H50N4O2/c1-3-39(27(2)36-23-28-13-7-4-8-14-28)32-19-21-37(22-20-32)24-31-25-38(26-33(31)29-15-9-5-10-16-29)34(35(40)41)30-17-11-6-12-18-30/h4-5,7-10,13-16,30-34,36H,2-3,6,11-12,17-26H2,1H3,(H,40,41). The third-order valence-electron chi connectivity index (χ3n) is 9.96. The number of hydrogen-bond donors (Lipinski definition) is 2. The molecule has 3 fully saturated rings. The number of carboxylic acids is 1. The van der Waals surface area contributed by atoms with Crippen molar-refractivity contribution in [2.45, 2.75) is 76.4 Å². The maximum absolute atomic E-state index is 12.6. The lowest BCUT2D eigenvalue weighted by molar-refractivity contribution is -0.145. The summed E-state index contributed by atoms with van der Waals surface area (Å²) >= 11 is 0. The highest BCUT2D eigenvalue weighted by molar-refractivity contribution is 5.74. The molecule has 0 amide bonds. The number of carbonyl (C=O) groups is 1. The van der Waals surface area contributed by atoms with Gasteiger partial charge >= 0.3 is 5.97 Å². The highest BCUT2D eigenvalue weighted by Gasteiger charge is 2.43. The molecule has 6 nitrogen and oxygen atoms in total. The van der Waals surface area contributed by atoms with Crippen molar-refractivity contribution in [2.75, 3.05) is 39.3 Å². The van der Waals surface area contributed by atoms with Crippen LogP contribution in [0.15, 0.2) is 73.1 Å². The van der Waals surface area contributed by atoms with Crippen LogP contribution in [0, 0.1) is 11.8 Å². The van der Waals surface area contributed by atoms with Gasteiger partial charge in [-0.3, -0.25) is 9.69 Å². The van der Waals surface area contributed by atoms with Gasteiger partial charge in [-0.15, -0.1) is 0 Å². The number of benzene rings is 2. The van der Waals surface area contributed by atoms with Crippen molar-refractivity contribution in [2.24, 2.45) is 11.8 Å². The predicted octanol–water partition coefficient (Wildman–Crippen LogP) is 5.78. The molecule has 0 bridgehead atoms. The van der Waals surface area contributed by atoms with Gasteiger partial charge in [0.15, 0.2) is 0 Å². The van der Waals surface area contributed by atoms with E-state index in [0.717, 1.165) is 77.3 Å². The average Bonchev–Trinajstić information content (AvgIpc) is 3.41. The molecule has 2 aromatic rings. The number of nitrogens with one attached hydrogen (secondary N) is 1. The first kappa shape index (κ1) is 29.7. The quantitative estimate of drug-likeness (QED) is 0.344. The number of carboxylic acid groups (broad SMARTS) is 1. The van der Waals surface area contributed by atoms with Gasteiger partial charge in [0.05, 0.1) is 5.82 Å². The minimum absolute atomic E-state index is 0.288. The van der Waals surface area contributed by atoms with E-state index in [1.165, 1.54) is 30.4 Å². The van der Waals surface area contributed by atoms with E-state index in [0.29, 0.717) is 17.9 Å². The van der Waals surface area contributed by atoms with Gasteiger partial charge in [0.1, 0.15) is 6.04 Å². The van der Waals surface area contributed by atoms with Gasteiger partial charge < -0.3 is 20.2 Å². The van der Waals surface area contributed by atoms with Crippen molar-refractivity contribution in [3.63, 3.8) is 0 Å². The molecule has 2 aliphatic heterocycles. The van der Waals surface area contributed by atoms with Gasteiger partial charge in [0, 0.05) is 57.8 Å². The van der Waals surface area contributed by atoms with Gasteiger partial charge in [-0.05, 0) is 55.6 Å². The van der Waals surface area contributed by atoms with Crippen LogP contribution in [0.4, 0.5) is 0 Å². The van der Waals surface area contributed by atoms with Crippen LogP contribution in [0.2, 0.25) is 0 Å². The Morgan fingerprint density at radius 1 is 0.976 bits per heavy atom. The second-order valence-electron chi connectivity index (χ2n) is 12.5. The van der Waals surface area contributed by atoms with Crippen molar-refractivity contribution >= 4 is 5.97 Å². The van der Waals surface area contributed by atoms with E-state index in [-0.39, 0.29) is 12.0 Å². The second kappa shape index (κ2) is 14.4. The Kier molecular flexibility index (Phi) is 10.4. The van der Waals surface area contributed by atoms with Gasteiger partial charge in [-0.2, -0.15) is 0 Å². The fourth-order valence-electron chi connectivity index (χ4n) is 7.82. The summed E-state index contributed by atoms with van der Waals surface area (Å²) in [6, 6.07) is 21.5. The molecule has 0 spiro atoms. The summed E-state index contributed by atoms with van der Waals surface area (Å²) < 4.78 is 0. The molecule has 41 heavy (non-hydrogen) atoms. The first-order valence-electron chi connectivity index (χ1n) is 16.0. The van der Waals surface area contributed by atoms with Gasteiger partial charge in [0.25, 0.3) is 0 Å². The molecule has 2 aromatic carbocycles. The van der Waals surface area contributed by atoms with Crippen LogP contribution in [0.5, 0.6) is 0 Å². The molecule has 1 aliphatic carbocycles. The van der Waals surface area contributed by atoms with Crippen LogP contribution in [0.3, 0.4) is 0 Å². The van der Waals surface area contributed by atoms with E-state index in [4.69, 9.17) is 0 Å². The molecule has 1 saturated carbocycles. The van der Waals surface area contributed by atoms with Crippen molar-refractivity contribution in [3.05, 3.63) is 84.2 Å². The molecule has 222 valence electrons. The smallest absolute Gasteiger partial charge is 0.321 e. The fraction of sp³-hybridized carbons (Fsp3) is 0.571. The number of nitrogens with zero attached hydrogens (tertiary/aromatic N) is 3. The molecular formula is C35H50N4O2. The number of likely N-dealkylation sites (tertiary alicyclic amines) is 2. The fourth-order valence-corrected chi connectivity index (χ4v) is 7.82. The topological polar surface area (TPSA) is 59.0 Å². The Labute approximate surface area is 247 Å². The van der Waals surface area contributed by atoms with E-state index in [1.807, 2.05) is 0 Å². The number of rotatable bonds is 12. The monoisotopic (exact) mass is 558 g/mol. The average molecular weight is 559 g/mol. The molecule has 3 atom stereocenters. The van der Waals surface area contributed by atoms with Crippen molar-refractivity contribution < 1.29 is 9.90 Å². The molecule has 2 heterocycles. The van der Waals surface area contributed by atoms with Crippen LogP contribution in [-0.4, -0.2) is 77.1 Å². The van der Waals surface area contributed by atoms with E-state index in [2.05, 4.69) is 94.2 Å². The third-order valence-corrected chi connectivity index (χ3v) is 9.96. The van der Waals surface area contributed by atoms with Crippen LogP contribution in [0.1, 0.15) is 68.9 Å². The molecular weight excluding hydrogens is 508 g/mol. The molecule has 6 heteroatoms. The maximum atomic E-state index is 12.6. The predicted molar refractivity (Wildman–Crippen MR) is 167 cm³/mol. The van der Waals surface area contributed by atoms with Crippen molar-refractivity contribution in [1.29, 1.82) is 0 Å². The summed E-state index contributed by atoms with van der Waals surface area (Å²) in [4.78, 5) is 20.0. The molecule has 0 aromatic heterocycles. The van der Waals surface area contributed by atoms with Gasteiger partial charge in [0.2, 0.25) is 0 Å². The van der Waals surface area contributed by atoms with Crippen molar-refractivity contribution in [1.82, 2.24) is 20.0 Å². The molecule has 3 aliphatic rings. The minimum atomic E-state index is -0.620. The highest BCUT2D eigenvalue weighted by atomic mass is 16.4. The number of hydrogen-bond acceptors (Lipinski definition) is 5. The summed E-state index contributed by atoms with van der Waals surface area (Å²) in [6.45, 7) is 13.3.